The van der Waals surface area contributed by atoms with Crippen LogP contribution in [0.5, 0.6) is 0 Å². The summed E-state index contributed by atoms with van der Waals surface area (Å²) in [6.07, 6.45) is 5.90. The lowest BCUT2D eigenvalue weighted by atomic mass is 9.68. The lowest BCUT2D eigenvalue weighted by molar-refractivity contribution is 0.112. The molecule has 0 aliphatic heterocycles. The van der Waals surface area contributed by atoms with E-state index in [-0.39, 0.29) is 16.0 Å². The van der Waals surface area contributed by atoms with Crippen LogP contribution >= 0.6 is 11.6 Å². The third kappa shape index (κ3) is 1.85. The van der Waals surface area contributed by atoms with E-state index in [4.69, 9.17) is 11.6 Å². The molecule has 0 radical (unpaired) electrons. The van der Waals surface area contributed by atoms with Gasteiger partial charge in [0.05, 0.1) is 5.56 Å². The summed E-state index contributed by atoms with van der Waals surface area (Å²) >= 11 is 5.98. The maximum atomic E-state index is 11.2. The molecule has 1 aromatic heterocycles. The van der Waals surface area contributed by atoms with Crippen LogP contribution in [-0.2, 0) is 0 Å². The van der Waals surface area contributed by atoms with Gasteiger partial charge in [0.1, 0.15) is 17.3 Å². The van der Waals surface area contributed by atoms with Crippen molar-refractivity contribution in [1.82, 2.24) is 9.97 Å². The predicted octanol–water partition coefficient (Wildman–Crippen LogP) is 3.57. The molecule has 2 aliphatic carbocycles. The van der Waals surface area contributed by atoms with Crippen molar-refractivity contribution in [2.45, 2.75) is 46.1 Å². The van der Waals surface area contributed by atoms with Crippen molar-refractivity contribution in [1.29, 1.82) is 0 Å². The lowest BCUT2D eigenvalue weighted by Crippen LogP contribution is -2.46. The first-order valence-corrected chi connectivity index (χ1v) is 7.48. The van der Waals surface area contributed by atoms with E-state index < -0.39 is 0 Å². The van der Waals surface area contributed by atoms with Crippen molar-refractivity contribution in [3.8, 4) is 0 Å². The van der Waals surface area contributed by atoms with Crippen molar-refractivity contribution >= 4 is 23.7 Å². The average molecular weight is 294 g/mol. The second kappa shape index (κ2) is 4.42. The molecule has 1 aromatic rings. The highest BCUT2D eigenvalue weighted by Crippen LogP contribution is 2.63. The molecule has 108 valence electrons. The normalized spacial score (nSPS) is 34.2. The molecule has 0 spiro atoms. The number of hydrogen-bond donors (Lipinski definition) is 1. The van der Waals surface area contributed by atoms with Crippen LogP contribution in [0.3, 0.4) is 0 Å². The molecule has 2 saturated carbocycles. The van der Waals surface area contributed by atoms with Gasteiger partial charge in [-0.25, -0.2) is 9.97 Å². The Bertz CT molecular complexity index is 555. The van der Waals surface area contributed by atoms with Gasteiger partial charge in [-0.2, -0.15) is 0 Å². The van der Waals surface area contributed by atoms with Crippen LogP contribution < -0.4 is 5.32 Å². The fraction of sp³-hybridized carbons (Fsp3) is 0.667. The van der Waals surface area contributed by atoms with Crippen molar-refractivity contribution in [3.05, 3.63) is 17.0 Å². The molecule has 5 heteroatoms. The predicted molar refractivity (Wildman–Crippen MR) is 79.1 cm³/mol. The van der Waals surface area contributed by atoms with Gasteiger partial charge in [0, 0.05) is 6.04 Å². The van der Waals surface area contributed by atoms with E-state index in [1.54, 1.807) is 0 Å². The molecule has 4 nitrogen and oxygen atoms in total. The van der Waals surface area contributed by atoms with E-state index in [1.807, 2.05) is 0 Å². The molecule has 2 bridgehead atoms. The van der Waals surface area contributed by atoms with Crippen LogP contribution in [0.1, 0.15) is 50.4 Å². The van der Waals surface area contributed by atoms with Crippen molar-refractivity contribution in [2.75, 3.05) is 5.32 Å². The highest BCUT2D eigenvalue weighted by molar-refractivity contribution is 6.32. The second-order valence-corrected chi connectivity index (χ2v) is 7.40. The Morgan fingerprint density at radius 3 is 2.75 bits per heavy atom. The first kappa shape index (κ1) is 13.8. The molecule has 3 rings (SSSR count). The van der Waals surface area contributed by atoms with Gasteiger partial charge in [0.25, 0.3) is 0 Å². The van der Waals surface area contributed by atoms with E-state index in [0.29, 0.717) is 17.4 Å². The number of nitrogens with one attached hydrogen (secondary N) is 1. The standard InChI is InChI=1S/C15H20ClN3O/c1-14(2)9-4-5-15(3,6-9)13(14)19-12-10(7-20)11(16)17-8-18-12/h7-9,13H,4-6H2,1-3H3,(H,17,18,19). The fourth-order valence-corrected chi connectivity index (χ4v) is 4.57. The third-order valence-corrected chi connectivity index (χ3v) is 5.81. The number of nitrogens with zero attached hydrogens (tertiary/aromatic N) is 2. The van der Waals surface area contributed by atoms with Gasteiger partial charge in [0.2, 0.25) is 0 Å². The fourth-order valence-electron chi connectivity index (χ4n) is 4.39. The van der Waals surface area contributed by atoms with Gasteiger partial charge in [-0.05, 0) is 36.0 Å². The zero-order valence-electron chi connectivity index (χ0n) is 12.1. The smallest absolute Gasteiger partial charge is 0.156 e. The van der Waals surface area contributed by atoms with Crippen LogP contribution in [-0.4, -0.2) is 22.3 Å². The summed E-state index contributed by atoms with van der Waals surface area (Å²) in [6, 6.07) is 0.304. The Balaban J connectivity index is 1.96. The highest BCUT2D eigenvalue weighted by atomic mass is 35.5. The Hall–Kier alpha value is -1.16. The Morgan fingerprint density at radius 2 is 2.15 bits per heavy atom. The number of anilines is 1. The first-order valence-electron chi connectivity index (χ1n) is 7.11. The van der Waals surface area contributed by atoms with Gasteiger partial charge < -0.3 is 5.32 Å². The first-order chi connectivity index (χ1) is 9.38. The molecule has 2 aliphatic rings. The van der Waals surface area contributed by atoms with Gasteiger partial charge in [0.15, 0.2) is 6.29 Å². The molecule has 0 aromatic carbocycles. The largest absolute Gasteiger partial charge is 0.365 e. The molecule has 3 unspecified atom stereocenters. The number of carbonyl (C=O) groups is 1. The van der Waals surface area contributed by atoms with Gasteiger partial charge in [-0.15, -0.1) is 0 Å². The highest BCUT2D eigenvalue weighted by Gasteiger charge is 2.59. The summed E-state index contributed by atoms with van der Waals surface area (Å²) in [7, 11) is 0. The maximum absolute atomic E-state index is 11.2. The molecule has 20 heavy (non-hydrogen) atoms. The molecule has 3 atom stereocenters. The van der Waals surface area contributed by atoms with Crippen LogP contribution in [0, 0.1) is 16.7 Å². The summed E-state index contributed by atoms with van der Waals surface area (Å²) in [5.41, 5.74) is 0.826. The number of rotatable bonds is 3. The molecule has 1 heterocycles. The summed E-state index contributed by atoms with van der Waals surface area (Å²) in [5, 5.41) is 3.71. The minimum absolute atomic E-state index is 0.199. The minimum Gasteiger partial charge on any atom is -0.365 e. The van der Waals surface area contributed by atoms with Crippen molar-refractivity contribution < 1.29 is 4.79 Å². The molecular weight excluding hydrogens is 274 g/mol. The molecular formula is C15H20ClN3O. The van der Waals surface area contributed by atoms with E-state index in [0.717, 1.165) is 12.2 Å². The summed E-state index contributed by atoms with van der Waals surface area (Å²) < 4.78 is 0. The number of fused-ring (bicyclic) bond motifs is 2. The van der Waals surface area contributed by atoms with Crippen LogP contribution in [0.4, 0.5) is 5.82 Å². The van der Waals surface area contributed by atoms with Gasteiger partial charge >= 0.3 is 0 Å². The van der Waals surface area contributed by atoms with Gasteiger partial charge in [-0.1, -0.05) is 32.4 Å². The molecule has 0 amide bonds. The van der Waals surface area contributed by atoms with Crippen LogP contribution in [0.15, 0.2) is 6.33 Å². The topological polar surface area (TPSA) is 54.9 Å². The van der Waals surface area contributed by atoms with Gasteiger partial charge in [-0.3, -0.25) is 4.79 Å². The quantitative estimate of drug-likeness (QED) is 0.684. The maximum Gasteiger partial charge on any atom is 0.156 e. The number of carbonyl (C=O) groups excluding carboxylic acids is 1. The third-order valence-electron chi connectivity index (χ3n) is 5.50. The van der Waals surface area contributed by atoms with Crippen LogP contribution in [0.2, 0.25) is 5.15 Å². The second-order valence-electron chi connectivity index (χ2n) is 7.04. The summed E-state index contributed by atoms with van der Waals surface area (Å²) in [4.78, 5) is 19.3. The SMILES string of the molecule is CC12CCC(C1)C(C)(C)C2Nc1ncnc(Cl)c1C=O. The van der Waals surface area contributed by atoms with E-state index >= 15 is 0 Å². The van der Waals surface area contributed by atoms with Crippen molar-refractivity contribution in [2.24, 2.45) is 16.7 Å². The van der Waals surface area contributed by atoms with E-state index in [2.05, 4.69) is 36.1 Å². The zero-order valence-corrected chi connectivity index (χ0v) is 12.9. The Kier molecular flexibility index (Phi) is 3.05. The number of aldehydes is 1. The summed E-state index contributed by atoms with van der Waals surface area (Å²) in [6.45, 7) is 6.95. The summed E-state index contributed by atoms with van der Waals surface area (Å²) in [5.74, 6) is 1.30. The molecule has 0 saturated heterocycles. The minimum atomic E-state index is 0.199. The Morgan fingerprint density at radius 1 is 1.40 bits per heavy atom. The molecule has 2 fully saturated rings. The monoisotopic (exact) mass is 293 g/mol. The Labute approximate surface area is 124 Å². The average Bonchev–Trinajstić information content (AvgIpc) is 2.86. The molecule has 1 N–H and O–H groups in total. The van der Waals surface area contributed by atoms with Crippen molar-refractivity contribution in [3.63, 3.8) is 0 Å². The van der Waals surface area contributed by atoms with Crippen LogP contribution in [0.25, 0.3) is 0 Å². The number of halogens is 1. The number of hydrogen-bond acceptors (Lipinski definition) is 4. The van der Waals surface area contributed by atoms with E-state index in [9.17, 15) is 4.79 Å². The zero-order chi connectivity index (χ0) is 14.5. The lowest BCUT2D eigenvalue weighted by Gasteiger charge is -2.43. The number of aromatic nitrogens is 2. The van der Waals surface area contributed by atoms with E-state index in [1.165, 1.54) is 25.6 Å².